The van der Waals surface area contributed by atoms with Crippen molar-refractivity contribution in [3.05, 3.63) is 124 Å². The molecule has 0 saturated carbocycles. The fourth-order valence-electron chi connectivity index (χ4n) is 11.1. The fourth-order valence-corrected chi connectivity index (χ4v) is 12.5. The minimum Gasteiger partial charge on any atom is -0.493 e. The summed E-state index contributed by atoms with van der Waals surface area (Å²) < 4.78 is 41.5. The van der Waals surface area contributed by atoms with Crippen LogP contribution in [-0.2, 0) is 54.6 Å². The van der Waals surface area contributed by atoms with Gasteiger partial charge >= 0.3 is 0 Å². The van der Waals surface area contributed by atoms with Crippen molar-refractivity contribution >= 4 is 75.8 Å². The Kier molecular flexibility index (Phi) is 17.1. The second kappa shape index (κ2) is 24.5. The van der Waals surface area contributed by atoms with E-state index >= 15 is 0 Å². The van der Waals surface area contributed by atoms with Gasteiger partial charge in [0.25, 0.3) is 11.8 Å². The summed E-state index contributed by atoms with van der Waals surface area (Å²) in [6.07, 6.45) is 3.39. The van der Waals surface area contributed by atoms with Crippen molar-refractivity contribution in [2.75, 3.05) is 101 Å². The second-order valence-electron chi connectivity index (χ2n) is 21.1. The summed E-state index contributed by atoms with van der Waals surface area (Å²) in [5.74, 6) is 0.650. The third-order valence-corrected chi connectivity index (χ3v) is 16.3. The van der Waals surface area contributed by atoms with E-state index in [0.717, 1.165) is 45.7 Å². The first kappa shape index (κ1) is 55.8. The summed E-state index contributed by atoms with van der Waals surface area (Å²) >= 11 is 1.44. The van der Waals surface area contributed by atoms with Crippen LogP contribution in [0.2, 0.25) is 0 Å². The summed E-state index contributed by atoms with van der Waals surface area (Å²) in [7, 11) is 4.72. The van der Waals surface area contributed by atoms with Gasteiger partial charge in [-0.1, -0.05) is 36.4 Å². The number of hydrogen-bond donors (Lipinski definition) is 1. The Morgan fingerprint density at radius 3 is 2.04 bits per heavy atom. The molecule has 1 N–H and O–H groups in total. The highest BCUT2D eigenvalue weighted by Gasteiger charge is 2.43. The first-order valence-electron chi connectivity index (χ1n) is 27.1. The van der Waals surface area contributed by atoms with Crippen molar-refractivity contribution in [2.24, 2.45) is 4.99 Å². The maximum Gasteiger partial charge on any atom is 0.261 e. The maximum absolute atomic E-state index is 14.3. The molecular formula is C61H68N6O12S. The minimum absolute atomic E-state index is 0.0480. The molecule has 18 nitrogen and oxygen atoms in total. The number of carbonyl (C=O) groups excluding carboxylic acids is 5. The number of rotatable bonds is 25. The van der Waals surface area contributed by atoms with E-state index in [4.69, 9.17) is 38.2 Å². The molecule has 0 aliphatic carbocycles. The molecule has 3 atom stereocenters. The zero-order chi connectivity index (χ0) is 56.1. The Bertz CT molecular complexity index is 3200. The number of amides is 4. The number of thioether (sulfide) groups is 1. The van der Waals surface area contributed by atoms with Crippen molar-refractivity contribution < 1.29 is 57.1 Å². The van der Waals surface area contributed by atoms with E-state index in [9.17, 15) is 24.0 Å². The number of carbonyl (C=O) groups is 5. The van der Waals surface area contributed by atoms with E-state index in [0.29, 0.717) is 105 Å². The number of anilines is 4. The van der Waals surface area contributed by atoms with Crippen LogP contribution in [0.3, 0.4) is 0 Å². The average Bonchev–Trinajstić information content (AvgIpc) is 4.10. The molecule has 0 spiro atoms. The Labute approximate surface area is 470 Å². The van der Waals surface area contributed by atoms with Crippen molar-refractivity contribution in [3.63, 3.8) is 0 Å². The van der Waals surface area contributed by atoms with Gasteiger partial charge in [0.05, 0.1) is 87.1 Å². The zero-order valence-electron chi connectivity index (χ0n) is 46.1. The number of fused-ring (bicyclic) bond motifs is 8. The van der Waals surface area contributed by atoms with Crippen LogP contribution in [0.25, 0.3) is 0 Å². The SMILES string of the molecule is COCCOCCOCCN(CC(C)(C)SC1CC(=O)N(CCC(C)=O)C1=O)c1cc(COc2cc3c(cc2OC)C(=O)N2c4ccccc4C[C@H]2C=N3)cc(COc2cc3c(cc2OC)C(=O)N2c4ccccc4C[C@H]2CN3)c1. The van der Waals surface area contributed by atoms with Crippen molar-refractivity contribution in [1.82, 2.24) is 4.90 Å². The third-order valence-electron chi connectivity index (χ3n) is 14.9. The number of ether oxygens (including phenoxy) is 7. The zero-order valence-corrected chi connectivity index (χ0v) is 46.9. The summed E-state index contributed by atoms with van der Waals surface area (Å²) in [5, 5.41) is 2.91. The highest BCUT2D eigenvalue weighted by atomic mass is 32.2. The van der Waals surface area contributed by atoms with Gasteiger partial charge in [-0.15, -0.1) is 11.8 Å². The monoisotopic (exact) mass is 1110 g/mol. The summed E-state index contributed by atoms with van der Waals surface area (Å²) in [6.45, 7) is 9.18. The number of nitrogens with zero attached hydrogens (tertiary/aromatic N) is 5. The van der Waals surface area contributed by atoms with Gasteiger partial charge in [-0.2, -0.15) is 0 Å². The maximum atomic E-state index is 14.3. The highest BCUT2D eigenvalue weighted by Crippen LogP contribution is 2.44. The Hall–Kier alpha value is -7.45. The standard InChI is InChI=1S/C61H68N6O12S/c1-38(68)15-16-65-57(69)32-56(60(65)72)80-61(2,3)37-64(17-18-76-21-22-77-20-19-73-4)43-24-39(35-78-54-30-48-46(28-52(54)74-5)58(70)66-44(33-62-48)26-41-11-7-9-13-50(41)66)23-40(25-43)36-79-55-31-49-47(29-53(55)75-6)59(71)67-45(34-63-49)27-42-12-8-10-14-51(42)67/h7-14,23-25,28-31,33,44-45,56,63H,15-22,26-27,32,34-37H2,1-6H3/t44-,45-,56?/m0/s1. The van der Waals surface area contributed by atoms with Crippen molar-refractivity contribution in [3.8, 4) is 23.0 Å². The fraction of sp³-hybridized carbons (Fsp3) is 0.410. The number of likely N-dealkylation sites (tertiary alicyclic amines) is 1. The van der Waals surface area contributed by atoms with Crippen LogP contribution < -0.4 is 39.0 Å². The van der Waals surface area contributed by atoms with Crippen LogP contribution in [0.1, 0.15) is 76.6 Å². The van der Waals surface area contributed by atoms with Crippen LogP contribution in [-0.4, -0.2) is 143 Å². The van der Waals surface area contributed by atoms with Gasteiger partial charge in [-0.25, -0.2) is 0 Å². The molecule has 1 fully saturated rings. The lowest BCUT2D eigenvalue weighted by Gasteiger charge is -2.35. The summed E-state index contributed by atoms with van der Waals surface area (Å²) in [5.41, 5.74) is 8.36. The molecule has 0 radical (unpaired) electrons. The van der Waals surface area contributed by atoms with E-state index in [2.05, 4.69) is 30.1 Å². The predicted octanol–water partition coefficient (Wildman–Crippen LogP) is 8.25. The first-order valence-corrected chi connectivity index (χ1v) is 27.9. The number of hydrogen-bond acceptors (Lipinski definition) is 16. The molecule has 1 saturated heterocycles. The molecule has 0 aromatic heterocycles. The number of benzene rings is 5. The quantitative estimate of drug-likeness (QED) is 0.0435. The highest BCUT2D eigenvalue weighted by molar-refractivity contribution is 8.02. The largest absolute Gasteiger partial charge is 0.493 e. The van der Waals surface area contributed by atoms with Crippen LogP contribution in [0, 0.1) is 0 Å². The first-order chi connectivity index (χ1) is 38.7. The third kappa shape index (κ3) is 12.2. The molecule has 0 bridgehead atoms. The Morgan fingerprint density at radius 1 is 0.725 bits per heavy atom. The van der Waals surface area contributed by atoms with Gasteiger partial charge in [0.1, 0.15) is 19.0 Å². The molecule has 5 heterocycles. The number of para-hydroxylation sites is 2. The number of Topliss-reactive ketones (excluding diaryl/α,β-unsaturated/α-hetero) is 1. The predicted molar refractivity (Wildman–Crippen MR) is 307 cm³/mol. The molecule has 5 aromatic rings. The van der Waals surface area contributed by atoms with Crippen LogP contribution in [0.15, 0.2) is 96.0 Å². The van der Waals surface area contributed by atoms with Gasteiger partial charge in [0.2, 0.25) is 11.8 Å². The molecule has 5 aromatic carbocycles. The van der Waals surface area contributed by atoms with Gasteiger partial charge in [0, 0.05) is 92.7 Å². The van der Waals surface area contributed by atoms with E-state index in [-0.39, 0.29) is 74.1 Å². The second-order valence-corrected chi connectivity index (χ2v) is 23.0. The molecule has 10 rings (SSSR count). The van der Waals surface area contributed by atoms with E-state index in [1.807, 2.05) is 77.8 Å². The summed E-state index contributed by atoms with van der Waals surface area (Å²) in [4.78, 5) is 79.1. The van der Waals surface area contributed by atoms with Crippen molar-refractivity contribution in [1.29, 1.82) is 0 Å². The number of nitrogens with one attached hydrogen (secondary N) is 1. The lowest BCUT2D eigenvalue weighted by molar-refractivity contribution is -0.138. The van der Waals surface area contributed by atoms with Crippen LogP contribution in [0.4, 0.5) is 28.4 Å². The number of aliphatic imine (C=N–C) groups is 1. The molecule has 80 heavy (non-hydrogen) atoms. The molecule has 420 valence electrons. The number of imide groups is 1. The molecular weight excluding hydrogens is 1040 g/mol. The van der Waals surface area contributed by atoms with Gasteiger partial charge in [-0.05, 0) is 91.9 Å². The Balaban J connectivity index is 0.952. The van der Waals surface area contributed by atoms with E-state index in [1.165, 1.54) is 30.7 Å². The molecule has 4 amide bonds. The Morgan fingerprint density at radius 2 is 1.35 bits per heavy atom. The number of methoxy groups -OCH3 is 3. The summed E-state index contributed by atoms with van der Waals surface area (Å²) in [6, 6.07) is 28.7. The average molecular weight is 1110 g/mol. The van der Waals surface area contributed by atoms with Crippen molar-refractivity contribution in [2.45, 2.75) is 81.7 Å². The molecule has 5 aliphatic heterocycles. The molecule has 5 aliphatic rings. The molecule has 19 heteroatoms. The normalized spacial score (nSPS) is 17.9. The van der Waals surface area contributed by atoms with Gasteiger partial charge in [0.15, 0.2) is 23.0 Å². The van der Waals surface area contributed by atoms with E-state index < -0.39 is 10.00 Å². The lowest BCUT2D eigenvalue weighted by atomic mass is 10.1. The topological polar surface area (TPSA) is 187 Å². The van der Waals surface area contributed by atoms with E-state index in [1.54, 1.807) is 37.3 Å². The smallest absolute Gasteiger partial charge is 0.261 e. The van der Waals surface area contributed by atoms with Gasteiger partial charge in [-0.3, -0.25) is 38.8 Å². The van der Waals surface area contributed by atoms with Crippen LogP contribution >= 0.6 is 11.8 Å². The minimum atomic E-state index is -0.619. The molecule has 1 unspecified atom stereocenters. The lowest BCUT2D eigenvalue weighted by Crippen LogP contribution is -2.41. The van der Waals surface area contributed by atoms with Crippen LogP contribution in [0.5, 0.6) is 23.0 Å². The van der Waals surface area contributed by atoms with Gasteiger partial charge < -0.3 is 48.3 Å². The number of ketones is 1.